The van der Waals surface area contributed by atoms with Crippen LogP contribution in [0.1, 0.15) is 22.7 Å². The average molecular weight is 526 g/mol. The molecule has 2 aromatic carbocycles. The number of aryl methyl sites for hydroxylation is 1. The Morgan fingerprint density at radius 2 is 1.73 bits per heavy atom. The van der Waals surface area contributed by atoms with Gasteiger partial charge in [-0.3, -0.25) is 4.99 Å². The third-order valence-corrected chi connectivity index (χ3v) is 4.99. The summed E-state index contributed by atoms with van der Waals surface area (Å²) in [5.41, 5.74) is 3.61. The number of nitrogens with zero attached hydrogens (tertiary/aromatic N) is 2. The highest BCUT2D eigenvalue weighted by Crippen LogP contribution is 2.21. The molecule has 2 N–H and O–H groups in total. The monoisotopic (exact) mass is 526 g/mol. The van der Waals surface area contributed by atoms with Gasteiger partial charge in [0, 0.05) is 20.1 Å². The molecule has 166 valence electrons. The first-order chi connectivity index (χ1) is 14.0. The van der Waals surface area contributed by atoms with Crippen LogP contribution in [0.15, 0.2) is 47.5 Å². The lowest BCUT2D eigenvalue weighted by molar-refractivity contribution is 0.298. The fourth-order valence-corrected chi connectivity index (χ4v) is 3.18. The number of aliphatic imine (C=N–C) groups is 1. The molecule has 0 aromatic heterocycles. The van der Waals surface area contributed by atoms with E-state index in [0.717, 1.165) is 42.5 Å². The third-order valence-electron chi connectivity index (χ3n) is 4.99. The lowest BCUT2D eigenvalue weighted by atomic mass is 10.1. The van der Waals surface area contributed by atoms with Crippen molar-refractivity contribution in [2.75, 3.05) is 48.5 Å². The first-order valence-electron chi connectivity index (χ1n) is 9.87. The summed E-state index contributed by atoms with van der Waals surface area (Å²) in [7, 11) is 9.35. The Bertz CT molecular complexity index is 794. The maximum absolute atomic E-state index is 5.41. The summed E-state index contributed by atoms with van der Waals surface area (Å²) >= 11 is 0. The number of benzene rings is 2. The molecule has 0 saturated heterocycles. The summed E-state index contributed by atoms with van der Waals surface area (Å²) in [5.74, 6) is 2.59. The van der Waals surface area contributed by atoms with E-state index in [1.165, 1.54) is 11.1 Å². The third kappa shape index (κ3) is 7.68. The zero-order chi connectivity index (χ0) is 21.2. The van der Waals surface area contributed by atoms with Crippen LogP contribution in [0.4, 0.5) is 0 Å². The van der Waals surface area contributed by atoms with Crippen molar-refractivity contribution >= 4 is 29.9 Å². The highest BCUT2D eigenvalue weighted by Gasteiger charge is 2.14. The van der Waals surface area contributed by atoms with Gasteiger partial charge in [-0.15, -0.1) is 24.0 Å². The number of hydrogen-bond acceptors (Lipinski definition) is 4. The van der Waals surface area contributed by atoms with Gasteiger partial charge in [-0.1, -0.05) is 24.3 Å². The smallest absolute Gasteiger partial charge is 0.191 e. The number of likely N-dealkylation sites (N-methyl/N-ethyl adjacent to an activating group) is 1. The average Bonchev–Trinajstić information content (AvgIpc) is 2.73. The van der Waals surface area contributed by atoms with Gasteiger partial charge in [0.2, 0.25) is 0 Å². The first-order valence-corrected chi connectivity index (χ1v) is 9.87. The molecule has 0 aliphatic rings. The van der Waals surface area contributed by atoms with Gasteiger partial charge >= 0.3 is 0 Å². The molecule has 2 aromatic rings. The zero-order valence-electron chi connectivity index (χ0n) is 18.9. The molecule has 0 aliphatic carbocycles. The van der Waals surface area contributed by atoms with Crippen molar-refractivity contribution < 1.29 is 9.47 Å². The molecule has 1 unspecified atom stereocenters. The van der Waals surface area contributed by atoms with Gasteiger partial charge in [0.15, 0.2) is 5.96 Å². The normalized spacial score (nSPS) is 12.2. The number of methoxy groups -OCH3 is 2. The molecule has 1 atom stereocenters. The summed E-state index contributed by atoms with van der Waals surface area (Å²) in [4.78, 5) is 6.55. The van der Waals surface area contributed by atoms with E-state index in [9.17, 15) is 0 Å². The van der Waals surface area contributed by atoms with Crippen molar-refractivity contribution in [1.29, 1.82) is 0 Å². The van der Waals surface area contributed by atoms with Gasteiger partial charge in [-0.25, -0.2) is 0 Å². The lowest BCUT2D eigenvalue weighted by Crippen LogP contribution is -2.42. The summed E-state index contributed by atoms with van der Waals surface area (Å²) in [6, 6.07) is 14.8. The van der Waals surface area contributed by atoms with Crippen LogP contribution in [0.5, 0.6) is 11.5 Å². The second-order valence-electron chi connectivity index (χ2n) is 7.19. The molecule has 0 heterocycles. The SMILES string of the molecule is CN=C(NCCc1ccc(C)c(OC)c1)NCC(c1ccc(OC)cc1)N(C)C.I. The Morgan fingerprint density at radius 3 is 2.30 bits per heavy atom. The van der Waals surface area contributed by atoms with Gasteiger partial charge in [-0.05, 0) is 62.3 Å². The van der Waals surface area contributed by atoms with Crippen molar-refractivity contribution in [2.45, 2.75) is 19.4 Å². The van der Waals surface area contributed by atoms with Gasteiger partial charge in [0.1, 0.15) is 11.5 Å². The Morgan fingerprint density at radius 1 is 1.03 bits per heavy atom. The molecule has 0 amide bonds. The van der Waals surface area contributed by atoms with Crippen LogP contribution in [-0.4, -0.2) is 59.3 Å². The second kappa shape index (κ2) is 13.3. The van der Waals surface area contributed by atoms with Crippen LogP contribution in [0, 0.1) is 6.92 Å². The highest BCUT2D eigenvalue weighted by atomic mass is 127. The molecule has 2 rings (SSSR count). The first kappa shape index (κ1) is 26.0. The number of halogens is 1. The number of ether oxygens (including phenoxy) is 2. The number of nitrogens with one attached hydrogen (secondary N) is 2. The Labute approximate surface area is 198 Å². The summed E-state index contributed by atoms with van der Waals surface area (Å²) in [5, 5.41) is 6.83. The summed E-state index contributed by atoms with van der Waals surface area (Å²) in [6.45, 7) is 3.59. The molecule has 0 aliphatic heterocycles. The van der Waals surface area contributed by atoms with E-state index in [1.807, 2.05) is 12.1 Å². The number of guanidine groups is 1. The minimum atomic E-state index is 0. The van der Waals surface area contributed by atoms with E-state index >= 15 is 0 Å². The van der Waals surface area contributed by atoms with E-state index in [1.54, 1.807) is 21.3 Å². The number of rotatable bonds is 9. The van der Waals surface area contributed by atoms with E-state index in [4.69, 9.17) is 9.47 Å². The molecule has 0 saturated carbocycles. The maximum atomic E-state index is 5.41. The molecule has 7 heteroatoms. The standard InChI is InChI=1S/C23H34N4O2.HI/c1-17-7-8-18(15-22(17)29-6)13-14-25-23(24-2)26-16-21(27(3)4)19-9-11-20(28-5)12-10-19;/h7-12,15,21H,13-14,16H2,1-6H3,(H2,24,25,26);1H. The van der Waals surface area contributed by atoms with Crippen molar-refractivity contribution in [2.24, 2.45) is 4.99 Å². The van der Waals surface area contributed by atoms with Crippen LogP contribution < -0.4 is 20.1 Å². The molecular weight excluding hydrogens is 491 g/mol. The fraction of sp³-hybridized carbons (Fsp3) is 0.435. The van der Waals surface area contributed by atoms with Crippen LogP contribution in [0.25, 0.3) is 0 Å². The molecule has 6 nitrogen and oxygen atoms in total. The van der Waals surface area contributed by atoms with Crippen molar-refractivity contribution in [3.8, 4) is 11.5 Å². The van der Waals surface area contributed by atoms with Crippen LogP contribution >= 0.6 is 24.0 Å². The predicted octanol–water partition coefficient (Wildman–Crippen LogP) is 3.64. The predicted molar refractivity (Wildman–Crippen MR) is 136 cm³/mol. The molecule has 0 spiro atoms. The number of hydrogen-bond donors (Lipinski definition) is 2. The molecule has 0 radical (unpaired) electrons. The minimum absolute atomic E-state index is 0. The summed E-state index contributed by atoms with van der Waals surface area (Å²) < 4.78 is 10.7. The summed E-state index contributed by atoms with van der Waals surface area (Å²) in [6.07, 6.45) is 0.896. The second-order valence-corrected chi connectivity index (χ2v) is 7.19. The molecule has 0 bridgehead atoms. The van der Waals surface area contributed by atoms with Crippen molar-refractivity contribution in [3.05, 3.63) is 59.2 Å². The van der Waals surface area contributed by atoms with E-state index in [2.05, 4.69) is 71.9 Å². The Balaban J connectivity index is 0.00000450. The van der Waals surface area contributed by atoms with Gasteiger partial charge in [0.05, 0.1) is 20.3 Å². The van der Waals surface area contributed by atoms with E-state index in [-0.39, 0.29) is 30.0 Å². The van der Waals surface area contributed by atoms with E-state index in [0.29, 0.717) is 0 Å². The van der Waals surface area contributed by atoms with E-state index < -0.39 is 0 Å². The van der Waals surface area contributed by atoms with Crippen LogP contribution in [0.2, 0.25) is 0 Å². The molecular formula is C23H35IN4O2. The van der Waals surface area contributed by atoms with Crippen LogP contribution in [-0.2, 0) is 6.42 Å². The Kier molecular flexibility index (Phi) is 11.6. The molecule has 0 fully saturated rings. The largest absolute Gasteiger partial charge is 0.497 e. The zero-order valence-corrected chi connectivity index (χ0v) is 21.2. The Hall–Kier alpha value is -2.00. The van der Waals surface area contributed by atoms with Gasteiger partial charge < -0.3 is 25.0 Å². The lowest BCUT2D eigenvalue weighted by Gasteiger charge is -2.26. The quantitative estimate of drug-likeness (QED) is 0.297. The van der Waals surface area contributed by atoms with Crippen molar-refractivity contribution in [3.63, 3.8) is 0 Å². The molecule has 30 heavy (non-hydrogen) atoms. The van der Waals surface area contributed by atoms with Gasteiger partial charge in [0.25, 0.3) is 0 Å². The fourth-order valence-electron chi connectivity index (χ4n) is 3.18. The topological polar surface area (TPSA) is 58.1 Å². The van der Waals surface area contributed by atoms with Crippen LogP contribution in [0.3, 0.4) is 0 Å². The highest BCUT2D eigenvalue weighted by molar-refractivity contribution is 14.0. The van der Waals surface area contributed by atoms with Gasteiger partial charge in [-0.2, -0.15) is 0 Å². The maximum Gasteiger partial charge on any atom is 0.191 e. The van der Waals surface area contributed by atoms with Crippen molar-refractivity contribution in [1.82, 2.24) is 15.5 Å². The minimum Gasteiger partial charge on any atom is -0.497 e.